The molecule has 0 aliphatic heterocycles. The molecule has 0 atom stereocenters. The predicted molar refractivity (Wildman–Crippen MR) is 54.8 cm³/mol. The number of ether oxygens (including phenoxy) is 2. The molecule has 0 amide bonds. The zero-order valence-electron chi connectivity index (χ0n) is 8.15. The van der Waals surface area contributed by atoms with Crippen molar-refractivity contribution in [2.45, 2.75) is 0 Å². The third-order valence-corrected chi connectivity index (χ3v) is 2.08. The lowest BCUT2D eigenvalue weighted by atomic mass is 10.2. The molecule has 0 aliphatic carbocycles. The highest BCUT2D eigenvalue weighted by Gasteiger charge is 2.04. The molecule has 0 saturated heterocycles. The van der Waals surface area contributed by atoms with Gasteiger partial charge < -0.3 is 9.47 Å². The van der Waals surface area contributed by atoms with E-state index in [4.69, 9.17) is 9.47 Å². The smallest absolute Gasteiger partial charge is 0.224 e. The van der Waals surface area contributed by atoms with Crippen molar-refractivity contribution < 1.29 is 9.47 Å². The molecule has 0 unspecified atom stereocenters. The molecule has 0 spiro atoms. The molecule has 2 aromatic rings. The Hall–Kier alpha value is -1.77. The summed E-state index contributed by atoms with van der Waals surface area (Å²) in [7, 11) is 3.20. The molecule has 72 valence electrons. The number of hydrogen-bond donors (Lipinski definition) is 0. The van der Waals surface area contributed by atoms with Gasteiger partial charge in [0.15, 0.2) is 0 Å². The minimum Gasteiger partial charge on any atom is -0.481 e. The summed E-state index contributed by atoms with van der Waals surface area (Å²) in [6.07, 6.45) is 0. The lowest BCUT2D eigenvalue weighted by Gasteiger charge is -2.06. The van der Waals surface area contributed by atoms with Gasteiger partial charge in [-0.2, -0.15) is 4.98 Å². The van der Waals surface area contributed by atoms with Crippen LogP contribution in [0.25, 0.3) is 10.8 Å². The zero-order chi connectivity index (χ0) is 9.97. The molecule has 0 aliphatic rings. The quantitative estimate of drug-likeness (QED) is 0.726. The van der Waals surface area contributed by atoms with E-state index in [-0.39, 0.29) is 0 Å². The molecule has 1 heterocycles. The van der Waals surface area contributed by atoms with Crippen LogP contribution in [-0.4, -0.2) is 19.2 Å². The van der Waals surface area contributed by atoms with Gasteiger partial charge in [-0.25, -0.2) is 0 Å². The maximum Gasteiger partial charge on any atom is 0.224 e. The second-order valence-electron chi connectivity index (χ2n) is 2.90. The van der Waals surface area contributed by atoms with Crippen LogP contribution in [0.2, 0.25) is 0 Å². The predicted octanol–water partition coefficient (Wildman–Crippen LogP) is 2.25. The molecule has 1 aromatic heterocycles. The average molecular weight is 189 g/mol. The second-order valence-corrected chi connectivity index (χ2v) is 2.90. The Balaban J connectivity index is 2.73. The van der Waals surface area contributed by atoms with Gasteiger partial charge >= 0.3 is 0 Å². The van der Waals surface area contributed by atoms with Gasteiger partial charge in [0.1, 0.15) is 0 Å². The lowest BCUT2D eigenvalue weighted by Crippen LogP contribution is -1.93. The van der Waals surface area contributed by atoms with Crippen molar-refractivity contribution in [3.05, 3.63) is 30.3 Å². The summed E-state index contributed by atoms with van der Waals surface area (Å²) in [4.78, 5) is 4.19. The second kappa shape index (κ2) is 3.54. The Morgan fingerprint density at radius 3 is 2.57 bits per heavy atom. The largest absolute Gasteiger partial charge is 0.481 e. The molecule has 2 rings (SSSR count). The number of aromatic nitrogens is 1. The number of methoxy groups -OCH3 is 2. The highest BCUT2D eigenvalue weighted by atomic mass is 16.5. The minimum absolute atomic E-state index is 0.570. The van der Waals surface area contributed by atoms with Crippen molar-refractivity contribution in [1.82, 2.24) is 4.98 Å². The van der Waals surface area contributed by atoms with Crippen LogP contribution >= 0.6 is 0 Å². The number of fused-ring (bicyclic) bond motifs is 1. The van der Waals surface area contributed by atoms with Crippen molar-refractivity contribution in [2.24, 2.45) is 0 Å². The average Bonchev–Trinajstić information content (AvgIpc) is 2.27. The fraction of sp³-hybridized carbons (Fsp3) is 0.182. The van der Waals surface area contributed by atoms with Crippen LogP contribution in [0.15, 0.2) is 30.3 Å². The fourth-order valence-electron chi connectivity index (χ4n) is 1.40. The Morgan fingerprint density at radius 2 is 1.86 bits per heavy atom. The van der Waals surface area contributed by atoms with E-state index >= 15 is 0 Å². The number of rotatable bonds is 2. The number of nitrogens with zero attached hydrogens (tertiary/aromatic N) is 1. The Bertz CT molecular complexity index is 454. The SMILES string of the molecule is COc1cc2ccccc2c(OC)n1. The third kappa shape index (κ3) is 1.37. The van der Waals surface area contributed by atoms with E-state index in [1.807, 2.05) is 30.3 Å². The Labute approximate surface area is 82.3 Å². The number of pyridine rings is 1. The zero-order valence-corrected chi connectivity index (χ0v) is 8.15. The first kappa shape index (κ1) is 8.81. The number of hydrogen-bond acceptors (Lipinski definition) is 3. The molecule has 1 aromatic carbocycles. The van der Waals surface area contributed by atoms with Gasteiger partial charge in [-0.1, -0.05) is 18.2 Å². The van der Waals surface area contributed by atoms with Gasteiger partial charge in [0.25, 0.3) is 0 Å². The summed E-state index contributed by atoms with van der Waals surface area (Å²) in [6, 6.07) is 9.79. The third-order valence-electron chi connectivity index (χ3n) is 2.08. The van der Waals surface area contributed by atoms with Gasteiger partial charge in [-0.3, -0.25) is 0 Å². The summed E-state index contributed by atoms with van der Waals surface area (Å²) in [6.45, 7) is 0. The van der Waals surface area contributed by atoms with E-state index < -0.39 is 0 Å². The summed E-state index contributed by atoms with van der Waals surface area (Å²) in [5.41, 5.74) is 0. The highest BCUT2D eigenvalue weighted by molar-refractivity contribution is 5.87. The van der Waals surface area contributed by atoms with Crippen molar-refractivity contribution in [3.8, 4) is 11.8 Å². The first-order valence-electron chi connectivity index (χ1n) is 4.33. The molecule has 0 N–H and O–H groups in total. The summed E-state index contributed by atoms with van der Waals surface area (Å²) in [5, 5.41) is 2.06. The summed E-state index contributed by atoms with van der Waals surface area (Å²) >= 11 is 0. The maximum atomic E-state index is 5.18. The Kier molecular flexibility index (Phi) is 2.23. The maximum absolute atomic E-state index is 5.18. The van der Waals surface area contributed by atoms with Crippen LogP contribution in [-0.2, 0) is 0 Å². The molecular weight excluding hydrogens is 178 g/mol. The Morgan fingerprint density at radius 1 is 1.07 bits per heavy atom. The van der Waals surface area contributed by atoms with Gasteiger partial charge in [-0.15, -0.1) is 0 Å². The van der Waals surface area contributed by atoms with E-state index in [1.165, 1.54) is 0 Å². The van der Waals surface area contributed by atoms with Crippen molar-refractivity contribution >= 4 is 10.8 Å². The molecule has 0 fully saturated rings. The molecule has 0 saturated carbocycles. The highest BCUT2D eigenvalue weighted by Crippen LogP contribution is 2.26. The minimum atomic E-state index is 0.570. The lowest BCUT2D eigenvalue weighted by molar-refractivity contribution is 0.369. The first-order chi connectivity index (χ1) is 6.85. The van der Waals surface area contributed by atoms with Gasteiger partial charge in [0.2, 0.25) is 11.8 Å². The summed E-state index contributed by atoms with van der Waals surface area (Å²) in [5.74, 6) is 1.17. The van der Waals surface area contributed by atoms with Gasteiger partial charge in [0.05, 0.1) is 14.2 Å². The van der Waals surface area contributed by atoms with Crippen molar-refractivity contribution in [2.75, 3.05) is 14.2 Å². The van der Waals surface area contributed by atoms with E-state index in [1.54, 1.807) is 14.2 Å². The summed E-state index contributed by atoms with van der Waals surface area (Å²) < 4.78 is 10.3. The van der Waals surface area contributed by atoms with Crippen LogP contribution < -0.4 is 9.47 Å². The fourth-order valence-corrected chi connectivity index (χ4v) is 1.40. The monoisotopic (exact) mass is 189 g/mol. The number of benzene rings is 1. The molecule has 0 bridgehead atoms. The molecular formula is C11H11NO2. The van der Waals surface area contributed by atoms with E-state index in [9.17, 15) is 0 Å². The topological polar surface area (TPSA) is 31.4 Å². The van der Waals surface area contributed by atoms with Gasteiger partial charge in [0, 0.05) is 11.5 Å². The van der Waals surface area contributed by atoms with Crippen LogP contribution in [0.1, 0.15) is 0 Å². The van der Waals surface area contributed by atoms with Crippen LogP contribution in [0.3, 0.4) is 0 Å². The van der Waals surface area contributed by atoms with Crippen molar-refractivity contribution in [3.63, 3.8) is 0 Å². The van der Waals surface area contributed by atoms with Crippen LogP contribution in [0.4, 0.5) is 0 Å². The normalized spacial score (nSPS) is 10.1. The van der Waals surface area contributed by atoms with Gasteiger partial charge in [-0.05, 0) is 11.5 Å². The van der Waals surface area contributed by atoms with Crippen LogP contribution in [0, 0.1) is 0 Å². The molecule has 14 heavy (non-hydrogen) atoms. The van der Waals surface area contributed by atoms with E-state index in [0.717, 1.165) is 10.8 Å². The first-order valence-corrected chi connectivity index (χ1v) is 4.33. The molecule has 3 heteroatoms. The van der Waals surface area contributed by atoms with Crippen LogP contribution in [0.5, 0.6) is 11.8 Å². The van der Waals surface area contributed by atoms with Crippen molar-refractivity contribution in [1.29, 1.82) is 0 Å². The molecule has 0 radical (unpaired) electrons. The van der Waals surface area contributed by atoms with E-state index in [2.05, 4.69) is 4.98 Å². The van der Waals surface area contributed by atoms with E-state index in [0.29, 0.717) is 11.8 Å². The standard InChI is InChI=1S/C11H11NO2/c1-13-10-7-8-5-3-4-6-9(8)11(12-10)14-2/h3-7H,1-2H3. The molecule has 3 nitrogen and oxygen atoms in total.